The molecule has 118 valence electrons. The Morgan fingerprint density at radius 3 is 2.86 bits per heavy atom. The highest BCUT2D eigenvalue weighted by Crippen LogP contribution is 2.64. The molecular weight excluding hydrogens is 306 g/mol. The Hall–Kier alpha value is -1.42. The topological polar surface area (TPSA) is 130 Å². The van der Waals surface area contributed by atoms with Gasteiger partial charge in [-0.3, -0.25) is 0 Å². The van der Waals surface area contributed by atoms with E-state index < -0.39 is 17.7 Å². The van der Waals surface area contributed by atoms with E-state index in [1.807, 2.05) is 6.26 Å². The summed E-state index contributed by atoms with van der Waals surface area (Å²) in [6.07, 6.45) is 2.23. The average Bonchev–Trinajstić information content (AvgIpc) is 3.01. The van der Waals surface area contributed by atoms with Crippen LogP contribution in [0.25, 0.3) is 11.2 Å². The Labute approximate surface area is 130 Å². The quantitative estimate of drug-likeness (QED) is 0.426. The van der Waals surface area contributed by atoms with Gasteiger partial charge in [-0.2, -0.15) is 0 Å². The van der Waals surface area contributed by atoms with Gasteiger partial charge in [0.15, 0.2) is 16.6 Å². The molecule has 1 unspecified atom stereocenters. The number of nitrogens with two attached hydrogens (primary N) is 1. The first kappa shape index (κ1) is 14.2. The SMILES string of the molecule is CSc1nc(N)c2ncn([C@]34CC3[C@H](CO)[C@@H](O)[C@H]4O)c2n1. The molecule has 2 fully saturated rings. The van der Waals surface area contributed by atoms with Crippen LogP contribution in [0.15, 0.2) is 11.5 Å². The number of anilines is 1. The Bertz CT molecular complexity index is 753. The Morgan fingerprint density at radius 2 is 2.23 bits per heavy atom. The van der Waals surface area contributed by atoms with Gasteiger partial charge in [0, 0.05) is 12.5 Å². The number of hydrogen-bond acceptors (Lipinski definition) is 8. The number of hydrogen-bond donors (Lipinski definition) is 4. The Morgan fingerprint density at radius 1 is 1.45 bits per heavy atom. The smallest absolute Gasteiger partial charge is 0.191 e. The number of fused-ring (bicyclic) bond motifs is 2. The molecule has 2 heterocycles. The average molecular weight is 323 g/mol. The van der Waals surface area contributed by atoms with Crippen molar-refractivity contribution in [2.75, 3.05) is 18.6 Å². The van der Waals surface area contributed by atoms with Crippen LogP contribution >= 0.6 is 11.8 Å². The summed E-state index contributed by atoms with van der Waals surface area (Å²) in [5, 5.41) is 30.6. The van der Waals surface area contributed by atoms with E-state index in [-0.39, 0.29) is 18.4 Å². The number of aliphatic hydroxyl groups excluding tert-OH is 3. The number of rotatable bonds is 3. The Balaban J connectivity index is 1.88. The van der Waals surface area contributed by atoms with E-state index in [0.717, 1.165) is 0 Å². The number of nitrogens with zero attached hydrogens (tertiary/aromatic N) is 4. The number of nitrogen functional groups attached to an aromatic ring is 1. The number of aromatic nitrogens is 4. The first-order chi connectivity index (χ1) is 10.5. The van der Waals surface area contributed by atoms with Crippen molar-refractivity contribution >= 4 is 28.7 Å². The molecule has 5 atom stereocenters. The van der Waals surface area contributed by atoms with E-state index in [2.05, 4.69) is 15.0 Å². The minimum Gasteiger partial charge on any atom is -0.396 e. The standard InChI is InChI=1S/C13H17N5O3S/c1-22-12-16-10(14)7-11(17-12)18(4-15-7)13-2-6(13)5(3-19)8(20)9(13)21/h4-6,8-9,19-21H,2-3H2,1H3,(H2,14,16,17)/t5-,6?,8+,9+,13+/m0/s1. The van der Waals surface area contributed by atoms with Gasteiger partial charge in [-0.15, -0.1) is 0 Å². The van der Waals surface area contributed by atoms with Gasteiger partial charge in [0.05, 0.1) is 18.0 Å². The lowest BCUT2D eigenvalue weighted by Crippen LogP contribution is -2.38. The molecule has 0 aromatic carbocycles. The zero-order chi connectivity index (χ0) is 15.6. The third-order valence-electron chi connectivity index (χ3n) is 5.06. The summed E-state index contributed by atoms with van der Waals surface area (Å²) in [5.41, 5.74) is 6.32. The van der Waals surface area contributed by atoms with Gasteiger partial charge in [-0.25, -0.2) is 15.0 Å². The molecule has 8 nitrogen and oxygen atoms in total. The summed E-state index contributed by atoms with van der Waals surface area (Å²) in [7, 11) is 0. The highest BCUT2D eigenvalue weighted by Gasteiger charge is 2.72. The molecule has 2 aromatic heterocycles. The van der Waals surface area contributed by atoms with Crippen molar-refractivity contribution < 1.29 is 15.3 Å². The maximum absolute atomic E-state index is 10.5. The van der Waals surface area contributed by atoms with Crippen molar-refractivity contribution in [2.24, 2.45) is 11.8 Å². The normalized spacial score (nSPS) is 36.7. The molecule has 0 aliphatic heterocycles. The molecule has 2 aliphatic rings. The van der Waals surface area contributed by atoms with Crippen molar-refractivity contribution in [3.05, 3.63) is 6.33 Å². The second kappa shape index (κ2) is 4.54. The molecule has 2 aliphatic carbocycles. The van der Waals surface area contributed by atoms with Gasteiger partial charge >= 0.3 is 0 Å². The third-order valence-corrected chi connectivity index (χ3v) is 5.61. The fraction of sp³-hybridized carbons (Fsp3) is 0.615. The van der Waals surface area contributed by atoms with E-state index in [0.29, 0.717) is 28.6 Å². The van der Waals surface area contributed by atoms with Crippen LogP contribution in [0.5, 0.6) is 0 Å². The van der Waals surface area contributed by atoms with E-state index in [1.165, 1.54) is 11.8 Å². The predicted molar refractivity (Wildman–Crippen MR) is 80.2 cm³/mol. The van der Waals surface area contributed by atoms with Crippen LogP contribution < -0.4 is 5.73 Å². The maximum Gasteiger partial charge on any atom is 0.191 e. The van der Waals surface area contributed by atoms with Crippen molar-refractivity contribution in [3.63, 3.8) is 0 Å². The highest BCUT2D eigenvalue weighted by molar-refractivity contribution is 7.98. The lowest BCUT2D eigenvalue weighted by Gasteiger charge is -2.24. The van der Waals surface area contributed by atoms with Crippen LogP contribution in [0.3, 0.4) is 0 Å². The summed E-state index contributed by atoms with van der Waals surface area (Å²) in [4.78, 5) is 12.9. The summed E-state index contributed by atoms with van der Waals surface area (Å²) < 4.78 is 1.80. The lowest BCUT2D eigenvalue weighted by atomic mass is 10.0. The van der Waals surface area contributed by atoms with Crippen LogP contribution in [0.1, 0.15) is 6.42 Å². The highest BCUT2D eigenvalue weighted by atomic mass is 32.2. The van der Waals surface area contributed by atoms with Gasteiger partial charge in [0.2, 0.25) is 0 Å². The first-order valence-corrected chi connectivity index (χ1v) is 8.29. The number of imidazole rings is 1. The fourth-order valence-electron chi connectivity index (χ4n) is 3.88. The van der Waals surface area contributed by atoms with Crippen molar-refractivity contribution in [2.45, 2.75) is 29.3 Å². The monoisotopic (exact) mass is 323 g/mol. The van der Waals surface area contributed by atoms with E-state index in [4.69, 9.17) is 5.73 Å². The zero-order valence-corrected chi connectivity index (χ0v) is 12.7. The van der Waals surface area contributed by atoms with Crippen molar-refractivity contribution in [1.82, 2.24) is 19.5 Å². The molecule has 0 radical (unpaired) electrons. The van der Waals surface area contributed by atoms with Crippen LogP contribution in [-0.2, 0) is 5.54 Å². The molecular formula is C13H17N5O3S. The second-order valence-electron chi connectivity index (χ2n) is 5.97. The predicted octanol–water partition coefficient (Wildman–Crippen LogP) is -0.811. The van der Waals surface area contributed by atoms with E-state index >= 15 is 0 Å². The minimum atomic E-state index is -0.957. The fourth-order valence-corrected chi connectivity index (χ4v) is 4.24. The molecule has 0 saturated heterocycles. The molecule has 0 amide bonds. The van der Waals surface area contributed by atoms with Crippen LogP contribution in [0.4, 0.5) is 5.82 Å². The second-order valence-corrected chi connectivity index (χ2v) is 6.74. The molecule has 0 bridgehead atoms. The summed E-state index contributed by atoms with van der Waals surface area (Å²) >= 11 is 1.38. The molecule has 22 heavy (non-hydrogen) atoms. The third kappa shape index (κ3) is 1.56. The van der Waals surface area contributed by atoms with E-state index in [1.54, 1.807) is 10.9 Å². The van der Waals surface area contributed by atoms with Crippen LogP contribution in [0.2, 0.25) is 0 Å². The van der Waals surface area contributed by atoms with E-state index in [9.17, 15) is 15.3 Å². The van der Waals surface area contributed by atoms with Gasteiger partial charge in [-0.1, -0.05) is 11.8 Å². The molecule has 0 spiro atoms. The van der Waals surface area contributed by atoms with Crippen molar-refractivity contribution in [1.29, 1.82) is 0 Å². The largest absolute Gasteiger partial charge is 0.396 e. The maximum atomic E-state index is 10.5. The number of thioether (sulfide) groups is 1. The molecule has 4 rings (SSSR count). The van der Waals surface area contributed by atoms with Gasteiger partial charge in [0.25, 0.3) is 0 Å². The van der Waals surface area contributed by atoms with Crippen LogP contribution in [0, 0.1) is 11.8 Å². The lowest BCUT2D eigenvalue weighted by molar-refractivity contribution is -0.0272. The van der Waals surface area contributed by atoms with Gasteiger partial charge in [-0.05, 0) is 18.6 Å². The van der Waals surface area contributed by atoms with Gasteiger partial charge < -0.3 is 25.6 Å². The summed E-state index contributed by atoms with van der Waals surface area (Å²) in [6.45, 7) is -0.148. The first-order valence-electron chi connectivity index (χ1n) is 7.06. The van der Waals surface area contributed by atoms with Crippen LogP contribution in [-0.4, -0.2) is 59.9 Å². The number of aliphatic hydroxyl groups is 3. The summed E-state index contributed by atoms with van der Waals surface area (Å²) in [5.74, 6) is -0.0195. The molecule has 2 saturated carbocycles. The minimum absolute atomic E-state index is 0.00817. The summed E-state index contributed by atoms with van der Waals surface area (Å²) in [6, 6.07) is 0. The Kier molecular flexibility index (Phi) is 2.93. The molecule has 9 heteroatoms. The van der Waals surface area contributed by atoms with Crippen molar-refractivity contribution in [3.8, 4) is 0 Å². The molecule has 2 aromatic rings. The molecule has 5 N–H and O–H groups in total. The van der Waals surface area contributed by atoms with Gasteiger partial charge in [0.1, 0.15) is 11.6 Å². The zero-order valence-electron chi connectivity index (χ0n) is 11.9.